The minimum atomic E-state index is -3.78. The quantitative estimate of drug-likeness (QED) is 0.597. The molecule has 10 nitrogen and oxygen atoms in total. The second-order valence-electron chi connectivity index (χ2n) is 6.62. The fourth-order valence-electron chi connectivity index (χ4n) is 3.26. The van der Waals surface area contributed by atoms with Gasteiger partial charge in [0, 0.05) is 31.3 Å². The van der Waals surface area contributed by atoms with E-state index in [1.54, 1.807) is 6.92 Å². The molecule has 0 aliphatic carbocycles. The highest BCUT2D eigenvalue weighted by atomic mass is 32.2. The lowest BCUT2D eigenvalue weighted by Crippen LogP contribution is -2.40. The average Bonchev–Trinajstić information content (AvgIpc) is 2.83. The van der Waals surface area contributed by atoms with E-state index in [1.165, 1.54) is 28.6 Å². The smallest absolute Gasteiger partial charge is 0.270 e. The van der Waals surface area contributed by atoms with E-state index < -0.39 is 20.9 Å². The van der Waals surface area contributed by atoms with Crippen molar-refractivity contribution < 1.29 is 27.6 Å². The molecule has 152 valence electrons. The highest BCUT2D eigenvalue weighted by Gasteiger charge is 2.31. The first kappa shape index (κ1) is 19.3. The summed E-state index contributed by atoms with van der Waals surface area (Å²) in [5.41, 5.74) is 0.467. The van der Waals surface area contributed by atoms with Crippen LogP contribution in [0.1, 0.15) is 15.9 Å². The van der Waals surface area contributed by atoms with E-state index in [2.05, 4.69) is 5.32 Å². The van der Waals surface area contributed by atoms with Crippen molar-refractivity contribution in [3.8, 4) is 11.5 Å². The van der Waals surface area contributed by atoms with Crippen molar-refractivity contribution >= 4 is 27.3 Å². The Hall–Kier alpha value is -3.02. The summed E-state index contributed by atoms with van der Waals surface area (Å²) in [6.07, 6.45) is 0. The Morgan fingerprint density at radius 2 is 1.86 bits per heavy atom. The molecule has 0 spiro atoms. The maximum Gasteiger partial charge on any atom is 0.270 e. The van der Waals surface area contributed by atoms with Crippen molar-refractivity contribution in [2.45, 2.75) is 11.8 Å². The third-order valence-electron chi connectivity index (χ3n) is 4.75. The van der Waals surface area contributed by atoms with Gasteiger partial charge in [-0.1, -0.05) is 0 Å². The van der Waals surface area contributed by atoms with Crippen LogP contribution in [0, 0.1) is 17.0 Å². The maximum absolute atomic E-state index is 13.1. The number of benzene rings is 2. The fourth-order valence-corrected chi connectivity index (χ4v) is 4.89. The molecule has 2 aromatic carbocycles. The minimum absolute atomic E-state index is 0.00867. The SMILES string of the molecule is Cc1cc2c(cc1S(=O)(=O)N1CCOCC1)Oc1ccc([N+](=O)[O-])cc1C(=O)N2. The summed E-state index contributed by atoms with van der Waals surface area (Å²) in [4.78, 5) is 23.0. The second kappa shape index (κ2) is 7.10. The molecule has 29 heavy (non-hydrogen) atoms. The number of anilines is 1. The molecule has 0 radical (unpaired) electrons. The Kier molecular flexibility index (Phi) is 4.73. The van der Waals surface area contributed by atoms with Gasteiger partial charge in [0.15, 0.2) is 5.75 Å². The number of sulfonamides is 1. The minimum Gasteiger partial charge on any atom is -0.454 e. The summed E-state index contributed by atoms with van der Waals surface area (Å²) < 4.78 is 38.5. The molecule has 4 rings (SSSR count). The first-order valence-electron chi connectivity index (χ1n) is 8.77. The number of amides is 1. The standard InChI is InChI=1S/C18H17N3O7S/c1-11-8-14-16(10-17(11)29(25,26)20-4-6-27-7-5-20)28-15-3-2-12(21(23)24)9-13(15)18(22)19-14/h2-3,8-10H,4-7H2,1H3,(H,19,22). The van der Waals surface area contributed by atoms with E-state index >= 15 is 0 Å². The van der Waals surface area contributed by atoms with E-state index in [1.807, 2.05) is 0 Å². The molecule has 2 aromatic rings. The van der Waals surface area contributed by atoms with Crippen LogP contribution in [-0.2, 0) is 14.8 Å². The number of morpholine rings is 1. The number of fused-ring (bicyclic) bond motifs is 2. The van der Waals surface area contributed by atoms with Gasteiger partial charge in [0.1, 0.15) is 5.75 Å². The average molecular weight is 419 g/mol. The first-order chi connectivity index (χ1) is 13.8. The van der Waals surface area contributed by atoms with Gasteiger partial charge in [0.05, 0.1) is 34.3 Å². The van der Waals surface area contributed by atoms with E-state index in [-0.39, 0.29) is 46.4 Å². The van der Waals surface area contributed by atoms with Crippen molar-refractivity contribution in [3.63, 3.8) is 0 Å². The van der Waals surface area contributed by atoms with Gasteiger partial charge in [-0.15, -0.1) is 0 Å². The summed E-state index contributed by atoms with van der Waals surface area (Å²) in [7, 11) is -3.78. The molecule has 0 unspecified atom stereocenters. The van der Waals surface area contributed by atoms with Crippen molar-refractivity contribution in [1.82, 2.24) is 4.31 Å². The topological polar surface area (TPSA) is 128 Å². The van der Waals surface area contributed by atoms with Gasteiger partial charge in [0.25, 0.3) is 11.6 Å². The lowest BCUT2D eigenvalue weighted by molar-refractivity contribution is -0.384. The molecular weight excluding hydrogens is 402 g/mol. The molecule has 1 amide bonds. The van der Waals surface area contributed by atoms with Crippen LogP contribution < -0.4 is 10.1 Å². The van der Waals surface area contributed by atoms with Crippen LogP contribution in [-0.4, -0.2) is 49.9 Å². The van der Waals surface area contributed by atoms with Crippen LogP contribution in [0.3, 0.4) is 0 Å². The van der Waals surface area contributed by atoms with Gasteiger partial charge in [-0.3, -0.25) is 14.9 Å². The molecule has 1 fully saturated rings. The first-order valence-corrected chi connectivity index (χ1v) is 10.2. The van der Waals surface area contributed by atoms with Crippen LogP contribution >= 0.6 is 0 Å². The Morgan fingerprint density at radius 1 is 1.14 bits per heavy atom. The summed E-state index contributed by atoms with van der Waals surface area (Å²) in [5, 5.41) is 13.6. The highest BCUT2D eigenvalue weighted by Crippen LogP contribution is 2.40. The highest BCUT2D eigenvalue weighted by molar-refractivity contribution is 7.89. The maximum atomic E-state index is 13.1. The number of rotatable bonds is 3. The predicted octanol–water partition coefficient (Wildman–Crippen LogP) is 2.28. The molecule has 0 saturated carbocycles. The largest absolute Gasteiger partial charge is 0.454 e. The van der Waals surface area contributed by atoms with E-state index in [0.29, 0.717) is 18.8 Å². The molecular formula is C18H17N3O7S. The Bertz CT molecular complexity index is 1120. The van der Waals surface area contributed by atoms with E-state index in [9.17, 15) is 23.3 Å². The Balaban J connectivity index is 1.78. The number of nitro benzene ring substituents is 1. The van der Waals surface area contributed by atoms with E-state index in [4.69, 9.17) is 9.47 Å². The molecule has 2 aliphatic rings. The van der Waals surface area contributed by atoms with Crippen molar-refractivity contribution in [2.24, 2.45) is 0 Å². The zero-order valence-corrected chi connectivity index (χ0v) is 16.2. The molecule has 1 N–H and O–H groups in total. The van der Waals surface area contributed by atoms with Crippen LogP contribution in [0.25, 0.3) is 0 Å². The van der Waals surface area contributed by atoms with Crippen LogP contribution in [0.2, 0.25) is 0 Å². The molecule has 11 heteroatoms. The third kappa shape index (κ3) is 3.43. The lowest BCUT2D eigenvalue weighted by Gasteiger charge is -2.27. The number of hydrogen-bond acceptors (Lipinski definition) is 7. The zero-order chi connectivity index (χ0) is 20.8. The number of carbonyl (C=O) groups is 1. The zero-order valence-electron chi connectivity index (χ0n) is 15.4. The molecule has 2 heterocycles. The number of aryl methyl sites for hydroxylation is 1. The van der Waals surface area contributed by atoms with Gasteiger partial charge >= 0.3 is 0 Å². The van der Waals surface area contributed by atoms with Crippen molar-refractivity contribution in [3.05, 3.63) is 51.6 Å². The molecule has 0 aromatic heterocycles. The summed E-state index contributed by atoms with van der Waals surface area (Å²) in [5.74, 6) is -0.334. The fraction of sp³-hybridized carbons (Fsp3) is 0.278. The molecule has 2 aliphatic heterocycles. The number of nitrogens with one attached hydrogen (secondary N) is 1. The summed E-state index contributed by atoms with van der Waals surface area (Å²) >= 11 is 0. The normalized spacial score (nSPS) is 16.8. The lowest BCUT2D eigenvalue weighted by atomic mass is 10.1. The number of ether oxygens (including phenoxy) is 2. The number of hydrogen-bond donors (Lipinski definition) is 1. The summed E-state index contributed by atoms with van der Waals surface area (Å²) in [6.45, 7) is 2.78. The van der Waals surface area contributed by atoms with Crippen LogP contribution in [0.15, 0.2) is 35.2 Å². The van der Waals surface area contributed by atoms with Crippen LogP contribution in [0.4, 0.5) is 11.4 Å². The summed E-state index contributed by atoms with van der Waals surface area (Å²) in [6, 6.07) is 6.54. The van der Waals surface area contributed by atoms with Gasteiger partial charge in [-0.05, 0) is 24.6 Å². The number of nitro groups is 1. The van der Waals surface area contributed by atoms with E-state index in [0.717, 1.165) is 6.07 Å². The van der Waals surface area contributed by atoms with Crippen molar-refractivity contribution in [1.29, 1.82) is 0 Å². The third-order valence-corrected chi connectivity index (χ3v) is 6.79. The molecule has 0 bridgehead atoms. The second-order valence-corrected chi connectivity index (χ2v) is 8.53. The van der Waals surface area contributed by atoms with Gasteiger partial charge in [0.2, 0.25) is 10.0 Å². The van der Waals surface area contributed by atoms with Crippen LogP contribution in [0.5, 0.6) is 11.5 Å². The number of non-ortho nitro benzene ring substituents is 1. The van der Waals surface area contributed by atoms with Gasteiger partial charge in [-0.2, -0.15) is 4.31 Å². The van der Waals surface area contributed by atoms with Crippen molar-refractivity contribution in [2.75, 3.05) is 31.6 Å². The number of carbonyl (C=O) groups excluding carboxylic acids is 1. The monoisotopic (exact) mass is 419 g/mol. The predicted molar refractivity (Wildman–Crippen MR) is 102 cm³/mol. The number of nitrogens with zero attached hydrogens (tertiary/aromatic N) is 2. The molecule has 1 saturated heterocycles. The van der Waals surface area contributed by atoms with Gasteiger partial charge in [-0.25, -0.2) is 8.42 Å². The Morgan fingerprint density at radius 3 is 2.55 bits per heavy atom. The Labute approximate surface area is 166 Å². The molecule has 0 atom stereocenters. The van der Waals surface area contributed by atoms with Gasteiger partial charge < -0.3 is 14.8 Å².